The van der Waals surface area contributed by atoms with Crippen molar-refractivity contribution in [1.82, 2.24) is 5.06 Å². The Morgan fingerprint density at radius 3 is 2.67 bits per heavy atom. The molecule has 98 valence electrons. The van der Waals surface area contributed by atoms with Crippen LogP contribution in [0.4, 0.5) is 0 Å². The first kappa shape index (κ1) is 13.1. The van der Waals surface area contributed by atoms with Crippen molar-refractivity contribution >= 4 is 5.91 Å². The number of benzene rings is 1. The minimum Gasteiger partial charge on any atom is -0.374 e. The Hall–Kier alpha value is -1.39. The van der Waals surface area contributed by atoms with Gasteiger partial charge in [-0.15, -0.1) is 0 Å². The second kappa shape index (κ2) is 5.98. The van der Waals surface area contributed by atoms with Crippen LogP contribution in [-0.2, 0) is 16.2 Å². The van der Waals surface area contributed by atoms with E-state index in [2.05, 4.69) is 0 Å². The Labute approximate surface area is 107 Å². The van der Waals surface area contributed by atoms with Crippen LogP contribution in [-0.4, -0.2) is 30.2 Å². The summed E-state index contributed by atoms with van der Waals surface area (Å²) in [5, 5.41) is 1.43. The molecule has 4 nitrogen and oxygen atoms in total. The van der Waals surface area contributed by atoms with Gasteiger partial charge in [0.2, 0.25) is 0 Å². The zero-order valence-electron chi connectivity index (χ0n) is 10.9. The monoisotopic (exact) mass is 249 g/mol. The minimum absolute atomic E-state index is 0.0659. The smallest absolute Gasteiger partial charge is 0.277 e. The van der Waals surface area contributed by atoms with Crippen molar-refractivity contribution in [1.29, 1.82) is 0 Å². The van der Waals surface area contributed by atoms with Crippen LogP contribution in [0.15, 0.2) is 24.3 Å². The van der Waals surface area contributed by atoms with Gasteiger partial charge in [-0.3, -0.25) is 9.63 Å². The molecule has 18 heavy (non-hydrogen) atoms. The van der Waals surface area contributed by atoms with Crippen molar-refractivity contribution in [2.75, 3.05) is 13.2 Å². The first-order valence-corrected chi connectivity index (χ1v) is 6.32. The molecule has 1 saturated heterocycles. The fourth-order valence-corrected chi connectivity index (χ4v) is 1.76. The normalized spacial score (nSPS) is 15.4. The van der Waals surface area contributed by atoms with E-state index in [1.54, 1.807) is 0 Å². The Bertz CT molecular complexity index is 394. The van der Waals surface area contributed by atoms with Gasteiger partial charge in [-0.25, -0.2) is 5.06 Å². The molecule has 0 N–H and O–H groups in total. The first-order chi connectivity index (χ1) is 8.66. The minimum atomic E-state index is -0.0659. The zero-order chi connectivity index (χ0) is 13.0. The van der Waals surface area contributed by atoms with Gasteiger partial charge in [0.1, 0.15) is 0 Å². The molecule has 0 aliphatic carbocycles. The van der Waals surface area contributed by atoms with E-state index in [9.17, 15) is 4.79 Å². The molecular formula is C14H19NO3. The van der Waals surface area contributed by atoms with Crippen LogP contribution < -0.4 is 0 Å². The molecule has 1 aliphatic rings. The highest BCUT2D eigenvalue weighted by Gasteiger charge is 2.20. The van der Waals surface area contributed by atoms with Gasteiger partial charge < -0.3 is 4.74 Å². The summed E-state index contributed by atoms with van der Waals surface area (Å²) < 4.78 is 5.51. The summed E-state index contributed by atoms with van der Waals surface area (Å²) in [4.78, 5) is 17.2. The molecule has 2 rings (SSSR count). The molecule has 1 fully saturated rings. The fraction of sp³-hybridized carbons (Fsp3) is 0.500. The van der Waals surface area contributed by atoms with E-state index >= 15 is 0 Å². The summed E-state index contributed by atoms with van der Waals surface area (Å²) in [5.41, 5.74) is 1.73. The van der Waals surface area contributed by atoms with E-state index in [0.29, 0.717) is 25.3 Å². The standard InChI is InChI=1S/C14H19NO3/c1-11(2)17-10-12-4-6-13(7-5-12)14(16)15-8-3-9-18-15/h4-7,11H,3,8-10H2,1-2H3. The summed E-state index contributed by atoms with van der Waals surface area (Å²) >= 11 is 0. The molecule has 0 unspecified atom stereocenters. The molecule has 0 atom stereocenters. The van der Waals surface area contributed by atoms with Crippen molar-refractivity contribution in [3.8, 4) is 0 Å². The number of nitrogens with zero attached hydrogens (tertiary/aromatic N) is 1. The van der Waals surface area contributed by atoms with Gasteiger partial charge in [-0.05, 0) is 38.0 Å². The predicted octanol–water partition coefficient (Wildman–Crippen LogP) is 2.39. The van der Waals surface area contributed by atoms with Crippen molar-refractivity contribution in [2.45, 2.75) is 33.0 Å². The van der Waals surface area contributed by atoms with Crippen LogP contribution in [0.5, 0.6) is 0 Å². The van der Waals surface area contributed by atoms with Gasteiger partial charge in [0.25, 0.3) is 5.91 Å². The van der Waals surface area contributed by atoms with E-state index < -0.39 is 0 Å². The molecule has 1 heterocycles. The number of rotatable bonds is 4. The van der Waals surface area contributed by atoms with Crippen LogP contribution >= 0.6 is 0 Å². The first-order valence-electron chi connectivity index (χ1n) is 6.32. The number of ether oxygens (including phenoxy) is 1. The molecule has 0 aromatic heterocycles. The Kier molecular flexibility index (Phi) is 4.33. The average molecular weight is 249 g/mol. The van der Waals surface area contributed by atoms with Crippen molar-refractivity contribution in [3.63, 3.8) is 0 Å². The number of hydrogen-bond acceptors (Lipinski definition) is 3. The third-order valence-corrected chi connectivity index (χ3v) is 2.76. The summed E-state index contributed by atoms with van der Waals surface area (Å²) in [5.74, 6) is -0.0659. The van der Waals surface area contributed by atoms with Gasteiger partial charge in [0.05, 0.1) is 25.9 Å². The molecule has 1 aliphatic heterocycles. The molecule has 1 aromatic rings. The largest absolute Gasteiger partial charge is 0.374 e. The number of hydrogen-bond donors (Lipinski definition) is 0. The molecule has 0 radical (unpaired) electrons. The van der Waals surface area contributed by atoms with Crippen molar-refractivity contribution in [3.05, 3.63) is 35.4 Å². The highest BCUT2D eigenvalue weighted by Crippen LogP contribution is 2.13. The third kappa shape index (κ3) is 3.31. The second-order valence-electron chi connectivity index (χ2n) is 4.65. The van der Waals surface area contributed by atoms with Gasteiger partial charge in [0.15, 0.2) is 0 Å². The van der Waals surface area contributed by atoms with Crippen molar-refractivity contribution in [2.24, 2.45) is 0 Å². The van der Waals surface area contributed by atoms with E-state index in [4.69, 9.17) is 9.57 Å². The lowest BCUT2D eigenvalue weighted by Gasteiger charge is -2.14. The molecule has 0 bridgehead atoms. The fourth-order valence-electron chi connectivity index (χ4n) is 1.76. The van der Waals surface area contributed by atoms with Gasteiger partial charge in [-0.1, -0.05) is 12.1 Å². The van der Waals surface area contributed by atoms with Gasteiger partial charge in [0, 0.05) is 5.56 Å². The van der Waals surface area contributed by atoms with E-state index in [1.807, 2.05) is 38.1 Å². The molecule has 4 heteroatoms. The van der Waals surface area contributed by atoms with Crippen LogP contribution in [0.25, 0.3) is 0 Å². The average Bonchev–Trinajstić information content (AvgIpc) is 2.90. The molecule has 0 saturated carbocycles. The molecule has 0 spiro atoms. The summed E-state index contributed by atoms with van der Waals surface area (Å²) in [6.07, 6.45) is 1.12. The van der Waals surface area contributed by atoms with Crippen molar-refractivity contribution < 1.29 is 14.4 Å². The van der Waals surface area contributed by atoms with Crippen LogP contribution in [0.2, 0.25) is 0 Å². The number of hydroxylamine groups is 2. The SMILES string of the molecule is CC(C)OCc1ccc(C(=O)N2CCCO2)cc1. The van der Waals surface area contributed by atoms with Crippen LogP contribution in [0.3, 0.4) is 0 Å². The lowest BCUT2D eigenvalue weighted by Crippen LogP contribution is -2.26. The summed E-state index contributed by atoms with van der Waals surface area (Å²) in [6.45, 7) is 5.89. The lowest BCUT2D eigenvalue weighted by molar-refractivity contribution is -0.0768. The lowest BCUT2D eigenvalue weighted by atomic mass is 10.1. The summed E-state index contributed by atoms with van der Waals surface area (Å²) in [7, 11) is 0. The highest BCUT2D eigenvalue weighted by molar-refractivity contribution is 5.93. The maximum atomic E-state index is 12.0. The van der Waals surface area contributed by atoms with Gasteiger partial charge in [-0.2, -0.15) is 0 Å². The molecular weight excluding hydrogens is 230 g/mol. The van der Waals surface area contributed by atoms with E-state index in [1.165, 1.54) is 5.06 Å². The van der Waals surface area contributed by atoms with E-state index in [-0.39, 0.29) is 12.0 Å². The zero-order valence-corrected chi connectivity index (χ0v) is 10.9. The Morgan fingerprint density at radius 1 is 1.39 bits per heavy atom. The van der Waals surface area contributed by atoms with Gasteiger partial charge >= 0.3 is 0 Å². The third-order valence-electron chi connectivity index (χ3n) is 2.76. The molecule has 1 amide bonds. The van der Waals surface area contributed by atoms with Crippen LogP contribution in [0, 0.1) is 0 Å². The Morgan fingerprint density at radius 2 is 2.11 bits per heavy atom. The Balaban J connectivity index is 1.96. The second-order valence-corrected chi connectivity index (χ2v) is 4.65. The maximum Gasteiger partial charge on any atom is 0.277 e. The molecule has 1 aromatic carbocycles. The van der Waals surface area contributed by atoms with E-state index in [0.717, 1.165) is 12.0 Å². The topological polar surface area (TPSA) is 38.8 Å². The van der Waals surface area contributed by atoms with Crippen LogP contribution in [0.1, 0.15) is 36.2 Å². The predicted molar refractivity (Wildman–Crippen MR) is 68.0 cm³/mol. The highest BCUT2D eigenvalue weighted by atomic mass is 16.7. The number of carbonyl (C=O) groups is 1. The number of carbonyl (C=O) groups excluding carboxylic acids is 1. The maximum absolute atomic E-state index is 12.0. The summed E-state index contributed by atoms with van der Waals surface area (Å²) in [6, 6.07) is 7.49. The quantitative estimate of drug-likeness (QED) is 0.822. The number of amides is 1.